The number of likely N-dealkylation sites (N-methyl/N-ethyl adjacent to an activating group) is 1. The van der Waals surface area contributed by atoms with Crippen molar-refractivity contribution in [1.29, 1.82) is 0 Å². The van der Waals surface area contributed by atoms with E-state index in [-0.39, 0.29) is 6.04 Å². The van der Waals surface area contributed by atoms with Crippen LogP contribution in [0.25, 0.3) is 0 Å². The van der Waals surface area contributed by atoms with Crippen LogP contribution in [0.1, 0.15) is 22.7 Å². The Morgan fingerprint density at radius 1 is 1.03 bits per heavy atom. The summed E-state index contributed by atoms with van der Waals surface area (Å²) in [6.45, 7) is 7.71. The van der Waals surface area contributed by atoms with Gasteiger partial charge in [-0.2, -0.15) is 0 Å². The monoisotopic (exact) mass is 460 g/mol. The van der Waals surface area contributed by atoms with E-state index in [1.54, 1.807) is 26.2 Å². The second-order valence-corrected chi connectivity index (χ2v) is 10.5. The number of aryl methyl sites for hydroxylation is 2. The van der Waals surface area contributed by atoms with Gasteiger partial charge in [-0.1, -0.05) is 12.1 Å². The Labute approximate surface area is 193 Å². The van der Waals surface area contributed by atoms with E-state index < -0.39 is 10.0 Å². The number of hydrogen-bond acceptors (Lipinski definition) is 6. The Morgan fingerprint density at radius 3 is 2.22 bits per heavy atom. The minimum Gasteiger partial charge on any atom is -0.496 e. The van der Waals surface area contributed by atoms with Gasteiger partial charge in [0.15, 0.2) is 0 Å². The summed E-state index contributed by atoms with van der Waals surface area (Å²) in [6, 6.07) is 11.8. The number of piperazine rings is 1. The van der Waals surface area contributed by atoms with Crippen LogP contribution in [-0.2, 0) is 10.0 Å². The van der Waals surface area contributed by atoms with Crippen LogP contribution in [0.4, 0.5) is 5.69 Å². The summed E-state index contributed by atoms with van der Waals surface area (Å²) in [4.78, 5) is 7.04. The van der Waals surface area contributed by atoms with Crippen molar-refractivity contribution in [3.8, 4) is 5.75 Å². The molecular weight excluding hydrogens is 424 g/mol. The van der Waals surface area contributed by atoms with Crippen molar-refractivity contribution in [2.45, 2.75) is 24.8 Å². The van der Waals surface area contributed by atoms with Gasteiger partial charge in [0.2, 0.25) is 10.0 Å². The summed E-state index contributed by atoms with van der Waals surface area (Å²) in [5, 5.41) is 0. The summed E-state index contributed by atoms with van der Waals surface area (Å²) in [7, 11) is 4.08. The Hall–Kier alpha value is -2.13. The molecule has 1 aliphatic heterocycles. The number of nitrogens with zero attached hydrogens (tertiary/aromatic N) is 3. The number of benzene rings is 2. The average molecular weight is 461 g/mol. The zero-order chi connectivity index (χ0) is 23.5. The van der Waals surface area contributed by atoms with Gasteiger partial charge in [0.25, 0.3) is 0 Å². The third-order valence-electron chi connectivity index (χ3n) is 6.22. The number of methoxy groups -OCH3 is 1. The van der Waals surface area contributed by atoms with Gasteiger partial charge in [-0.3, -0.25) is 4.90 Å². The predicted molar refractivity (Wildman–Crippen MR) is 130 cm³/mol. The van der Waals surface area contributed by atoms with E-state index in [2.05, 4.69) is 50.7 Å². The second kappa shape index (κ2) is 10.2. The quantitative estimate of drug-likeness (QED) is 0.653. The highest BCUT2D eigenvalue weighted by molar-refractivity contribution is 7.89. The maximum Gasteiger partial charge on any atom is 0.240 e. The van der Waals surface area contributed by atoms with E-state index >= 15 is 0 Å². The molecular formula is C24H36N4O3S. The van der Waals surface area contributed by atoms with E-state index in [1.807, 2.05) is 21.0 Å². The van der Waals surface area contributed by atoms with Crippen molar-refractivity contribution in [2.24, 2.45) is 0 Å². The van der Waals surface area contributed by atoms with Crippen molar-refractivity contribution in [3.05, 3.63) is 53.1 Å². The molecule has 2 aromatic carbocycles. The first-order chi connectivity index (χ1) is 15.1. The molecule has 1 N–H and O–H groups in total. The fourth-order valence-corrected chi connectivity index (χ4v) is 5.47. The van der Waals surface area contributed by atoms with Crippen LogP contribution in [0.2, 0.25) is 0 Å². The minimum atomic E-state index is -3.66. The van der Waals surface area contributed by atoms with Crippen molar-refractivity contribution >= 4 is 15.7 Å². The average Bonchev–Trinajstić information content (AvgIpc) is 2.76. The van der Waals surface area contributed by atoms with Gasteiger partial charge >= 0.3 is 0 Å². The lowest BCUT2D eigenvalue weighted by atomic mass is 10.0. The molecule has 0 aromatic heterocycles. The second-order valence-electron chi connectivity index (χ2n) is 8.78. The fraction of sp³-hybridized carbons (Fsp3) is 0.500. The molecule has 1 atom stereocenters. The summed E-state index contributed by atoms with van der Waals surface area (Å²) < 4.78 is 34.7. The molecule has 176 valence electrons. The van der Waals surface area contributed by atoms with Crippen LogP contribution in [0.3, 0.4) is 0 Å². The standard InChI is InChI=1S/C24H36N4O3S/c1-18-16-24(19(2)15-23(18)31-6)32(29,30)25-17-22(28-13-11-27(5)12-14-28)20-7-9-21(10-8-20)26(3)4/h7-10,15-16,22,25H,11-14,17H2,1-6H3. The summed E-state index contributed by atoms with van der Waals surface area (Å²) in [6.07, 6.45) is 0. The lowest BCUT2D eigenvalue weighted by Gasteiger charge is -2.38. The molecule has 32 heavy (non-hydrogen) atoms. The largest absolute Gasteiger partial charge is 0.496 e. The maximum atomic E-state index is 13.2. The number of hydrogen-bond donors (Lipinski definition) is 1. The normalized spacial score (nSPS) is 16.7. The Morgan fingerprint density at radius 2 is 1.66 bits per heavy atom. The summed E-state index contributed by atoms with van der Waals surface area (Å²) in [5.74, 6) is 0.692. The van der Waals surface area contributed by atoms with Crippen LogP contribution >= 0.6 is 0 Å². The molecule has 2 aromatic rings. The highest BCUT2D eigenvalue weighted by Gasteiger charge is 2.27. The van der Waals surface area contributed by atoms with E-state index in [4.69, 9.17) is 4.74 Å². The van der Waals surface area contributed by atoms with Gasteiger partial charge in [-0.25, -0.2) is 13.1 Å². The molecule has 1 fully saturated rings. The maximum absolute atomic E-state index is 13.2. The Balaban J connectivity index is 1.85. The first-order valence-corrected chi connectivity index (χ1v) is 12.5. The van der Waals surface area contributed by atoms with Crippen LogP contribution < -0.4 is 14.4 Å². The molecule has 0 bridgehead atoms. The van der Waals surface area contributed by atoms with E-state index in [9.17, 15) is 8.42 Å². The van der Waals surface area contributed by atoms with Gasteiger partial charge in [0.05, 0.1) is 12.0 Å². The van der Waals surface area contributed by atoms with Gasteiger partial charge < -0.3 is 14.5 Å². The van der Waals surface area contributed by atoms with Gasteiger partial charge in [-0.15, -0.1) is 0 Å². The number of ether oxygens (including phenoxy) is 1. The third kappa shape index (κ3) is 5.61. The zero-order valence-electron chi connectivity index (χ0n) is 20.1. The molecule has 7 nitrogen and oxygen atoms in total. The predicted octanol–water partition coefficient (Wildman–Crippen LogP) is 2.65. The molecule has 1 saturated heterocycles. The van der Waals surface area contributed by atoms with E-state index in [0.717, 1.165) is 43.0 Å². The van der Waals surface area contributed by atoms with Crippen LogP contribution in [0.5, 0.6) is 5.75 Å². The lowest BCUT2D eigenvalue weighted by Crippen LogP contribution is -2.48. The lowest BCUT2D eigenvalue weighted by molar-refractivity contribution is 0.113. The van der Waals surface area contributed by atoms with Crippen molar-refractivity contribution in [1.82, 2.24) is 14.5 Å². The molecule has 0 spiro atoms. The number of rotatable bonds is 8. The third-order valence-corrected chi connectivity index (χ3v) is 7.79. The topological polar surface area (TPSA) is 65.1 Å². The minimum absolute atomic E-state index is 0.0330. The molecule has 0 amide bonds. The van der Waals surface area contributed by atoms with Gasteiger partial charge in [0.1, 0.15) is 5.75 Å². The molecule has 1 aliphatic rings. The molecule has 0 radical (unpaired) electrons. The highest BCUT2D eigenvalue weighted by atomic mass is 32.2. The molecule has 8 heteroatoms. The van der Waals surface area contributed by atoms with Gasteiger partial charge in [-0.05, 0) is 61.9 Å². The van der Waals surface area contributed by atoms with Gasteiger partial charge in [0, 0.05) is 58.5 Å². The number of sulfonamides is 1. The number of nitrogens with one attached hydrogen (secondary N) is 1. The highest BCUT2D eigenvalue weighted by Crippen LogP contribution is 2.27. The Bertz CT molecular complexity index is 1010. The first-order valence-electron chi connectivity index (χ1n) is 11.0. The fourth-order valence-electron chi connectivity index (χ4n) is 4.13. The molecule has 1 heterocycles. The van der Waals surface area contributed by atoms with E-state index in [1.165, 1.54) is 0 Å². The van der Waals surface area contributed by atoms with Crippen LogP contribution in [0, 0.1) is 13.8 Å². The molecule has 3 rings (SSSR count). The Kier molecular flexibility index (Phi) is 7.82. The molecule has 0 saturated carbocycles. The summed E-state index contributed by atoms with van der Waals surface area (Å²) >= 11 is 0. The number of anilines is 1. The SMILES string of the molecule is COc1cc(C)c(S(=O)(=O)NCC(c2ccc(N(C)C)cc2)N2CCN(C)CC2)cc1C. The van der Waals surface area contributed by atoms with Crippen molar-refractivity contribution in [2.75, 3.05) is 65.9 Å². The molecule has 0 aliphatic carbocycles. The van der Waals surface area contributed by atoms with Crippen LogP contribution in [0.15, 0.2) is 41.3 Å². The summed E-state index contributed by atoms with van der Waals surface area (Å²) in [5.41, 5.74) is 3.71. The van der Waals surface area contributed by atoms with Crippen molar-refractivity contribution in [3.63, 3.8) is 0 Å². The first kappa shape index (κ1) is 24.5. The zero-order valence-corrected chi connectivity index (χ0v) is 20.9. The molecule has 1 unspecified atom stereocenters. The smallest absolute Gasteiger partial charge is 0.240 e. The van der Waals surface area contributed by atoms with Crippen LogP contribution in [-0.4, -0.2) is 79.2 Å². The van der Waals surface area contributed by atoms with E-state index in [0.29, 0.717) is 22.8 Å². The van der Waals surface area contributed by atoms with Crippen molar-refractivity contribution < 1.29 is 13.2 Å².